The lowest BCUT2D eigenvalue weighted by Crippen LogP contribution is -2.02. The fourth-order valence-electron chi connectivity index (χ4n) is 1.45. The fourth-order valence-corrected chi connectivity index (χ4v) is 1.86. The van der Waals surface area contributed by atoms with Gasteiger partial charge in [-0.15, -0.1) is 0 Å². The van der Waals surface area contributed by atoms with Gasteiger partial charge in [0.1, 0.15) is 18.2 Å². The van der Waals surface area contributed by atoms with E-state index in [-0.39, 0.29) is 15.8 Å². The van der Waals surface area contributed by atoms with Gasteiger partial charge >= 0.3 is 0 Å². The average molecular weight is 335 g/mol. The van der Waals surface area contributed by atoms with E-state index in [9.17, 15) is 17.6 Å². The van der Waals surface area contributed by atoms with Crippen LogP contribution in [0, 0.1) is 23.3 Å². The van der Waals surface area contributed by atoms with Crippen molar-refractivity contribution in [3.8, 4) is 5.75 Å². The van der Waals surface area contributed by atoms with Crippen LogP contribution in [-0.4, -0.2) is 0 Å². The highest BCUT2D eigenvalue weighted by molar-refractivity contribution is 9.10. The van der Waals surface area contributed by atoms with Crippen molar-refractivity contribution in [2.75, 3.05) is 0 Å². The molecule has 0 saturated heterocycles. The zero-order valence-electron chi connectivity index (χ0n) is 9.39. The maximum atomic E-state index is 13.4. The summed E-state index contributed by atoms with van der Waals surface area (Å²) in [7, 11) is 0. The predicted molar refractivity (Wildman–Crippen MR) is 64.7 cm³/mol. The van der Waals surface area contributed by atoms with E-state index in [0.717, 1.165) is 24.3 Å². The van der Waals surface area contributed by atoms with Crippen LogP contribution < -0.4 is 4.74 Å². The zero-order valence-corrected chi connectivity index (χ0v) is 11.0. The summed E-state index contributed by atoms with van der Waals surface area (Å²) in [6.45, 7) is -0.406. The number of halogens is 5. The van der Waals surface area contributed by atoms with E-state index in [0.29, 0.717) is 0 Å². The molecule has 2 rings (SSSR count). The van der Waals surface area contributed by atoms with Crippen molar-refractivity contribution < 1.29 is 22.3 Å². The van der Waals surface area contributed by atoms with Gasteiger partial charge in [-0.25, -0.2) is 13.2 Å². The molecule has 2 aromatic carbocycles. The van der Waals surface area contributed by atoms with Gasteiger partial charge in [0.05, 0.1) is 0 Å². The molecule has 2 aromatic rings. The number of hydrogen-bond acceptors (Lipinski definition) is 1. The molecule has 0 unspecified atom stereocenters. The summed E-state index contributed by atoms with van der Waals surface area (Å²) in [4.78, 5) is 0. The van der Waals surface area contributed by atoms with Crippen LogP contribution in [0.3, 0.4) is 0 Å². The van der Waals surface area contributed by atoms with Crippen molar-refractivity contribution in [1.29, 1.82) is 0 Å². The number of ether oxygens (including phenoxy) is 1. The predicted octanol–water partition coefficient (Wildman–Crippen LogP) is 4.58. The minimum atomic E-state index is -1.18. The molecule has 100 valence electrons. The Bertz CT molecular complexity index is 616. The summed E-state index contributed by atoms with van der Waals surface area (Å²) in [5.74, 6) is -3.97. The monoisotopic (exact) mass is 334 g/mol. The first-order valence-electron chi connectivity index (χ1n) is 5.18. The molecule has 0 radical (unpaired) electrons. The van der Waals surface area contributed by atoms with Gasteiger partial charge < -0.3 is 4.74 Å². The van der Waals surface area contributed by atoms with Crippen molar-refractivity contribution in [2.24, 2.45) is 0 Å². The summed E-state index contributed by atoms with van der Waals surface area (Å²) in [6, 6.07) is 4.96. The van der Waals surface area contributed by atoms with E-state index in [1.54, 1.807) is 0 Å². The molecule has 19 heavy (non-hydrogen) atoms. The molecule has 0 N–H and O–H groups in total. The maximum absolute atomic E-state index is 13.4. The van der Waals surface area contributed by atoms with Crippen molar-refractivity contribution in [3.63, 3.8) is 0 Å². The van der Waals surface area contributed by atoms with Gasteiger partial charge in [0.2, 0.25) is 5.82 Å². The Balaban J connectivity index is 2.21. The summed E-state index contributed by atoms with van der Waals surface area (Å²) in [5.41, 5.74) is -0.0835. The minimum absolute atomic E-state index is 0.0835. The van der Waals surface area contributed by atoms with Gasteiger partial charge in [-0.1, -0.05) is 15.9 Å². The lowest BCUT2D eigenvalue weighted by Gasteiger charge is -2.09. The molecule has 0 aliphatic rings. The fraction of sp³-hybridized carbons (Fsp3) is 0.0769. The smallest absolute Gasteiger partial charge is 0.200 e. The van der Waals surface area contributed by atoms with Gasteiger partial charge in [0.15, 0.2) is 11.6 Å². The molecule has 0 aliphatic heterocycles. The lowest BCUT2D eigenvalue weighted by molar-refractivity contribution is 0.278. The van der Waals surface area contributed by atoms with Crippen LogP contribution in [0.1, 0.15) is 5.56 Å². The zero-order chi connectivity index (χ0) is 14.0. The van der Waals surface area contributed by atoms with Gasteiger partial charge in [0, 0.05) is 10.0 Å². The Morgan fingerprint density at radius 1 is 0.947 bits per heavy atom. The highest BCUT2D eigenvalue weighted by Crippen LogP contribution is 2.26. The van der Waals surface area contributed by atoms with E-state index in [2.05, 4.69) is 15.9 Å². The Morgan fingerprint density at radius 3 is 2.42 bits per heavy atom. The summed E-state index contributed by atoms with van der Waals surface area (Å²) < 4.78 is 57.9. The third kappa shape index (κ3) is 3.26. The maximum Gasteiger partial charge on any atom is 0.200 e. The van der Waals surface area contributed by atoms with Crippen LogP contribution in [-0.2, 0) is 6.61 Å². The first kappa shape index (κ1) is 13.9. The number of benzene rings is 2. The topological polar surface area (TPSA) is 9.23 Å². The molecule has 0 aliphatic carbocycles. The van der Waals surface area contributed by atoms with E-state index in [4.69, 9.17) is 4.74 Å². The molecule has 0 atom stereocenters. The molecule has 0 aromatic heterocycles. The highest BCUT2D eigenvalue weighted by atomic mass is 79.9. The summed E-state index contributed by atoms with van der Waals surface area (Å²) in [5, 5.41) is 0. The van der Waals surface area contributed by atoms with E-state index < -0.39 is 29.9 Å². The SMILES string of the molecule is Fc1ccc(F)c(COc2cc(Br)cc(F)c2F)c1. The summed E-state index contributed by atoms with van der Waals surface area (Å²) in [6.07, 6.45) is 0. The van der Waals surface area contributed by atoms with Crippen molar-refractivity contribution in [2.45, 2.75) is 6.61 Å². The molecule has 0 heterocycles. The molecule has 0 fully saturated rings. The second-order valence-electron chi connectivity index (χ2n) is 3.72. The number of rotatable bonds is 3. The van der Waals surface area contributed by atoms with Crippen molar-refractivity contribution >= 4 is 15.9 Å². The van der Waals surface area contributed by atoms with Crippen molar-refractivity contribution in [1.82, 2.24) is 0 Å². The quantitative estimate of drug-likeness (QED) is 0.589. The van der Waals surface area contributed by atoms with Crippen LogP contribution >= 0.6 is 15.9 Å². The van der Waals surface area contributed by atoms with Crippen LogP contribution in [0.4, 0.5) is 17.6 Å². The average Bonchev–Trinajstić information content (AvgIpc) is 2.35. The Labute approximate surface area is 114 Å². The third-order valence-electron chi connectivity index (χ3n) is 2.35. The Hall–Kier alpha value is -1.56. The molecule has 1 nitrogen and oxygen atoms in total. The van der Waals surface area contributed by atoms with E-state index >= 15 is 0 Å². The first-order chi connectivity index (χ1) is 8.97. The Kier molecular flexibility index (Phi) is 4.09. The second-order valence-corrected chi connectivity index (χ2v) is 4.64. The van der Waals surface area contributed by atoms with Gasteiger partial charge in [-0.2, -0.15) is 4.39 Å². The van der Waals surface area contributed by atoms with Crippen LogP contribution in [0.2, 0.25) is 0 Å². The van der Waals surface area contributed by atoms with E-state index in [1.807, 2.05) is 0 Å². The van der Waals surface area contributed by atoms with Gasteiger partial charge in [-0.05, 0) is 30.3 Å². The molecule has 0 spiro atoms. The normalized spacial score (nSPS) is 10.6. The third-order valence-corrected chi connectivity index (χ3v) is 2.81. The van der Waals surface area contributed by atoms with Crippen LogP contribution in [0.25, 0.3) is 0 Å². The van der Waals surface area contributed by atoms with Crippen LogP contribution in [0.5, 0.6) is 5.75 Å². The van der Waals surface area contributed by atoms with Gasteiger partial charge in [0.25, 0.3) is 0 Å². The minimum Gasteiger partial charge on any atom is -0.486 e. The number of hydrogen-bond donors (Lipinski definition) is 0. The lowest BCUT2D eigenvalue weighted by atomic mass is 10.2. The molecule has 0 bridgehead atoms. The molecule has 0 saturated carbocycles. The van der Waals surface area contributed by atoms with Crippen molar-refractivity contribution in [3.05, 3.63) is 63.6 Å². The van der Waals surface area contributed by atoms with Gasteiger partial charge in [-0.3, -0.25) is 0 Å². The van der Waals surface area contributed by atoms with Crippen LogP contribution in [0.15, 0.2) is 34.8 Å². The standard InChI is InChI=1S/C13H7BrF4O/c14-8-4-11(17)13(18)12(5-8)19-6-7-3-9(15)1-2-10(7)16/h1-5H,6H2. The Morgan fingerprint density at radius 2 is 1.68 bits per heavy atom. The highest BCUT2D eigenvalue weighted by Gasteiger charge is 2.12. The largest absolute Gasteiger partial charge is 0.486 e. The van der Waals surface area contributed by atoms with E-state index in [1.165, 1.54) is 6.07 Å². The molecular weight excluding hydrogens is 328 g/mol. The molecule has 0 amide bonds. The first-order valence-corrected chi connectivity index (χ1v) is 5.98. The second kappa shape index (κ2) is 5.61. The molecular formula is C13H7BrF4O. The summed E-state index contributed by atoms with van der Waals surface area (Å²) >= 11 is 2.98. The molecule has 6 heteroatoms.